The van der Waals surface area contributed by atoms with Gasteiger partial charge in [0.05, 0.1) is 17.6 Å². The van der Waals surface area contributed by atoms with E-state index in [2.05, 4.69) is 39.8 Å². The number of benzene rings is 2. The summed E-state index contributed by atoms with van der Waals surface area (Å²) in [5, 5.41) is 0.751. The number of carbonyl (C=O) groups excluding carboxylic acids is 1. The molecule has 0 radical (unpaired) electrons. The SMILES string of the molecule is CCN(C)C(=O)C1CCN(Cc2nc3ccccc3n2Cc2ccc(Cl)cc2)CC1. The van der Waals surface area contributed by atoms with Crippen LogP contribution in [0.25, 0.3) is 11.0 Å². The summed E-state index contributed by atoms with van der Waals surface area (Å²) >= 11 is 6.06. The van der Waals surface area contributed by atoms with Gasteiger partial charge in [0.2, 0.25) is 5.91 Å². The summed E-state index contributed by atoms with van der Waals surface area (Å²) in [6, 6.07) is 16.3. The summed E-state index contributed by atoms with van der Waals surface area (Å²) in [6.45, 7) is 6.22. The second-order valence-electron chi connectivity index (χ2n) is 8.13. The van der Waals surface area contributed by atoms with Crippen molar-refractivity contribution in [2.24, 2.45) is 5.92 Å². The molecule has 1 aliphatic heterocycles. The molecule has 0 atom stereocenters. The maximum Gasteiger partial charge on any atom is 0.225 e. The lowest BCUT2D eigenvalue weighted by molar-refractivity contribution is -0.135. The molecular formula is C24H29ClN4O. The smallest absolute Gasteiger partial charge is 0.225 e. The van der Waals surface area contributed by atoms with Gasteiger partial charge in [-0.3, -0.25) is 9.69 Å². The van der Waals surface area contributed by atoms with Crippen LogP contribution in [0.15, 0.2) is 48.5 Å². The van der Waals surface area contributed by atoms with E-state index in [-0.39, 0.29) is 11.8 Å². The van der Waals surface area contributed by atoms with Gasteiger partial charge in [-0.2, -0.15) is 0 Å². The van der Waals surface area contributed by atoms with Crippen molar-refractivity contribution in [3.05, 3.63) is 64.9 Å². The normalized spacial score (nSPS) is 15.6. The standard InChI is InChI=1S/C24H29ClN4O/c1-3-27(2)24(30)19-12-14-28(15-13-19)17-23-26-21-6-4-5-7-22(21)29(23)16-18-8-10-20(25)11-9-18/h4-11,19H,3,12-17H2,1-2H3. The Hall–Kier alpha value is -2.37. The van der Waals surface area contributed by atoms with E-state index in [0.29, 0.717) is 0 Å². The highest BCUT2D eigenvalue weighted by atomic mass is 35.5. The van der Waals surface area contributed by atoms with Gasteiger partial charge in [-0.05, 0) is 62.7 Å². The van der Waals surface area contributed by atoms with E-state index in [4.69, 9.17) is 16.6 Å². The molecule has 0 N–H and O–H groups in total. The van der Waals surface area contributed by atoms with Crippen molar-refractivity contribution in [3.63, 3.8) is 0 Å². The molecule has 30 heavy (non-hydrogen) atoms. The van der Waals surface area contributed by atoms with Gasteiger partial charge in [0.15, 0.2) is 0 Å². The lowest BCUT2D eigenvalue weighted by atomic mass is 9.95. The predicted molar refractivity (Wildman–Crippen MR) is 122 cm³/mol. The van der Waals surface area contributed by atoms with Crippen LogP contribution in [0.4, 0.5) is 0 Å². The number of rotatable bonds is 6. The minimum absolute atomic E-state index is 0.152. The van der Waals surface area contributed by atoms with Crippen molar-refractivity contribution in [1.82, 2.24) is 19.4 Å². The highest BCUT2D eigenvalue weighted by Crippen LogP contribution is 2.24. The highest BCUT2D eigenvalue weighted by Gasteiger charge is 2.27. The van der Waals surface area contributed by atoms with Crippen LogP contribution in [0.3, 0.4) is 0 Å². The number of carbonyl (C=O) groups is 1. The van der Waals surface area contributed by atoms with Gasteiger partial charge in [-0.25, -0.2) is 4.98 Å². The molecule has 1 saturated heterocycles. The molecule has 1 aliphatic rings. The van der Waals surface area contributed by atoms with Gasteiger partial charge < -0.3 is 9.47 Å². The zero-order valence-corrected chi connectivity index (χ0v) is 18.5. The second kappa shape index (κ2) is 9.19. The number of piperidine rings is 1. The van der Waals surface area contributed by atoms with Gasteiger partial charge >= 0.3 is 0 Å². The fraction of sp³-hybridized carbons (Fsp3) is 0.417. The summed E-state index contributed by atoms with van der Waals surface area (Å²) in [7, 11) is 1.90. The zero-order chi connectivity index (χ0) is 21.1. The van der Waals surface area contributed by atoms with Crippen molar-refractivity contribution < 1.29 is 4.79 Å². The maximum atomic E-state index is 12.5. The summed E-state index contributed by atoms with van der Waals surface area (Å²) < 4.78 is 2.31. The number of fused-ring (bicyclic) bond motifs is 1. The molecule has 6 heteroatoms. The molecule has 2 heterocycles. The first-order valence-electron chi connectivity index (χ1n) is 10.7. The van der Waals surface area contributed by atoms with Gasteiger partial charge in [-0.1, -0.05) is 35.9 Å². The number of aromatic nitrogens is 2. The molecule has 5 nitrogen and oxygen atoms in total. The Morgan fingerprint density at radius 3 is 2.50 bits per heavy atom. The first-order valence-corrected chi connectivity index (χ1v) is 11.1. The third-order valence-corrected chi connectivity index (χ3v) is 6.39. The molecule has 2 aromatic carbocycles. The predicted octanol–water partition coefficient (Wildman–Crippen LogP) is 4.43. The molecular weight excluding hydrogens is 396 g/mol. The Morgan fingerprint density at radius 2 is 1.80 bits per heavy atom. The van der Waals surface area contributed by atoms with Gasteiger partial charge in [0.1, 0.15) is 5.82 Å². The molecule has 3 aromatic rings. The van der Waals surface area contributed by atoms with Crippen molar-refractivity contribution in [3.8, 4) is 0 Å². The average molecular weight is 425 g/mol. The van der Waals surface area contributed by atoms with Crippen LogP contribution in [0.2, 0.25) is 5.02 Å². The lowest BCUT2D eigenvalue weighted by Gasteiger charge is -2.32. The van der Waals surface area contributed by atoms with Crippen molar-refractivity contribution in [2.75, 3.05) is 26.7 Å². The zero-order valence-electron chi connectivity index (χ0n) is 17.7. The van der Waals surface area contributed by atoms with E-state index >= 15 is 0 Å². The quantitative estimate of drug-likeness (QED) is 0.587. The van der Waals surface area contributed by atoms with E-state index in [1.807, 2.05) is 37.1 Å². The molecule has 1 aromatic heterocycles. The molecule has 0 saturated carbocycles. The molecule has 158 valence electrons. The summed E-state index contributed by atoms with van der Waals surface area (Å²) in [5.41, 5.74) is 3.38. The van der Waals surface area contributed by atoms with Crippen LogP contribution in [0.1, 0.15) is 31.2 Å². The third kappa shape index (κ3) is 4.52. The van der Waals surface area contributed by atoms with E-state index in [1.165, 1.54) is 5.56 Å². The molecule has 0 spiro atoms. The summed E-state index contributed by atoms with van der Waals surface area (Å²) in [6.07, 6.45) is 1.83. The Labute approximate surface area is 183 Å². The van der Waals surface area contributed by atoms with E-state index in [9.17, 15) is 4.79 Å². The topological polar surface area (TPSA) is 41.4 Å². The van der Waals surface area contributed by atoms with E-state index < -0.39 is 0 Å². The number of halogens is 1. The Kier molecular flexibility index (Phi) is 6.40. The largest absolute Gasteiger partial charge is 0.346 e. The fourth-order valence-corrected chi connectivity index (χ4v) is 4.33. The Bertz CT molecular complexity index is 1010. The first-order chi connectivity index (χ1) is 14.5. The maximum absolute atomic E-state index is 12.5. The number of hydrogen-bond donors (Lipinski definition) is 0. The van der Waals surface area contributed by atoms with Gasteiger partial charge in [0, 0.05) is 31.1 Å². The van der Waals surface area contributed by atoms with Crippen LogP contribution in [-0.2, 0) is 17.9 Å². The van der Waals surface area contributed by atoms with Crippen LogP contribution >= 0.6 is 11.6 Å². The first kappa shape index (κ1) is 20.9. The molecule has 1 fully saturated rings. The molecule has 0 aliphatic carbocycles. The van der Waals surface area contributed by atoms with E-state index in [1.54, 1.807) is 0 Å². The number of amides is 1. The monoisotopic (exact) mass is 424 g/mol. The fourth-order valence-electron chi connectivity index (χ4n) is 4.20. The van der Waals surface area contributed by atoms with Crippen LogP contribution in [0.5, 0.6) is 0 Å². The number of likely N-dealkylation sites (tertiary alicyclic amines) is 1. The molecule has 0 unspecified atom stereocenters. The average Bonchev–Trinajstić information content (AvgIpc) is 3.11. The Balaban J connectivity index is 1.50. The van der Waals surface area contributed by atoms with Crippen LogP contribution in [-0.4, -0.2) is 51.9 Å². The summed E-state index contributed by atoms with van der Waals surface area (Å²) in [4.78, 5) is 21.7. The minimum Gasteiger partial charge on any atom is -0.346 e. The Morgan fingerprint density at radius 1 is 1.10 bits per heavy atom. The van der Waals surface area contributed by atoms with Crippen molar-refractivity contribution in [1.29, 1.82) is 0 Å². The second-order valence-corrected chi connectivity index (χ2v) is 8.57. The van der Waals surface area contributed by atoms with Gasteiger partial charge in [-0.15, -0.1) is 0 Å². The van der Waals surface area contributed by atoms with Gasteiger partial charge in [0.25, 0.3) is 0 Å². The van der Waals surface area contributed by atoms with Crippen LogP contribution < -0.4 is 0 Å². The highest BCUT2D eigenvalue weighted by molar-refractivity contribution is 6.30. The minimum atomic E-state index is 0.152. The molecule has 4 rings (SSSR count). The molecule has 1 amide bonds. The van der Waals surface area contributed by atoms with Crippen molar-refractivity contribution >= 4 is 28.5 Å². The number of nitrogens with zero attached hydrogens (tertiary/aromatic N) is 4. The van der Waals surface area contributed by atoms with E-state index in [0.717, 1.165) is 67.4 Å². The number of imidazole rings is 1. The molecule has 0 bridgehead atoms. The third-order valence-electron chi connectivity index (χ3n) is 6.14. The van der Waals surface area contributed by atoms with Crippen LogP contribution in [0, 0.1) is 5.92 Å². The summed E-state index contributed by atoms with van der Waals surface area (Å²) in [5.74, 6) is 1.51. The van der Waals surface area contributed by atoms with Crippen molar-refractivity contribution in [2.45, 2.75) is 32.9 Å². The number of para-hydroxylation sites is 2. The number of hydrogen-bond acceptors (Lipinski definition) is 3. The lowest BCUT2D eigenvalue weighted by Crippen LogP contribution is -2.41.